The Hall–Kier alpha value is -2.08. The van der Waals surface area contributed by atoms with Gasteiger partial charge >= 0.3 is 6.03 Å². The molecule has 0 fully saturated rings. The monoisotopic (exact) mass is 321 g/mol. The number of amides is 3. The van der Waals surface area contributed by atoms with Crippen molar-refractivity contribution in [1.82, 2.24) is 10.6 Å². The van der Waals surface area contributed by atoms with E-state index in [2.05, 4.69) is 16.0 Å². The van der Waals surface area contributed by atoms with Crippen molar-refractivity contribution in [3.63, 3.8) is 0 Å². The van der Waals surface area contributed by atoms with E-state index in [9.17, 15) is 9.59 Å². The minimum absolute atomic E-state index is 0.168. The van der Waals surface area contributed by atoms with Crippen LogP contribution >= 0.6 is 0 Å². The highest BCUT2D eigenvalue weighted by atomic mass is 16.5. The maximum absolute atomic E-state index is 12.1. The van der Waals surface area contributed by atoms with E-state index in [4.69, 9.17) is 4.74 Å². The molecule has 0 saturated heterocycles. The van der Waals surface area contributed by atoms with Crippen molar-refractivity contribution in [2.75, 3.05) is 25.1 Å². The van der Waals surface area contributed by atoms with Crippen molar-refractivity contribution in [3.05, 3.63) is 29.8 Å². The van der Waals surface area contributed by atoms with Crippen LogP contribution < -0.4 is 16.0 Å². The van der Waals surface area contributed by atoms with Crippen LogP contribution in [0.5, 0.6) is 0 Å². The molecule has 0 saturated carbocycles. The van der Waals surface area contributed by atoms with E-state index in [1.807, 2.05) is 27.7 Å². The van der Waals surface area contributed by atoms with Crippen molar-refractivity contribution in [3.8, 4) is 0 Å². The van der Waals surface area contributed by atoms with Gasteiger partial charge in [0, 0.05) is 36.5 Å². The van der Waals surface area contributed by atoms with Crippen LogP contribution in [0, 0.1) is 0 Å². The molecule has 128 valence electrons. The van der Waals surface area contributed by atoms with Crippen LogP contribution in [0.2, 0.25) is 0 Å². The number of carbonyl (C=O) groups is 2. The van der Waals surface area contributed by atoms with Gasteiger partial charge in [-0.15, -0.1) is 0 Å². The third-order valence-corrected chi connectivity index (χ3v) is 2.83. The van der Waals surface area contributed by atoms with E-state index in [0.717, 1.165) is 6.42 Å². The first kappa shape index (κ1) is 19.0. The van der Waals surface area contributed by atoms with Crippen molar-refractivity contribution in [2.45, 2.75) is 39.7 Å². The minimum atomic E-state index is -0.307. The highest BCUT2D eigenvalue weighted by Crippen LogP contribution is 2.12. The molecule has 0 spiro atoms. The number of urea groups is 1. The Bertz CT molecular complexity index is 524. The van der Waals surface area contributed by atoms with Gasteiger partial charge < -0.3 is 20.7 Å². The second-order valence-corrected chi connectivity index (χ2v) is 6.22. The maximum atomic E-state index is 12.1. The summed E-state index contributed by atoms with van der Waals surface area (Å²) in [4.78, 5) is 23.9. The lowest BCUT2D eigenvalue weighted by molar-refractivity contribution is 0.0919. The van der Waals surface area contributed by atoms with Crippen molar-refractivity contribution < 1.29 is 14.3 Å². The van der Waals surface area contributed by atoms with Crippen LogP contribution in [0.3, 0.4) is 0 Å². The minimum Gasteiger partial charge on any atom is -0.382 e. The summed E-state index contributed by atoms with van der Waals surface area (Å²) in [5, 5.41) is 8.36. The van der Waals surface area contributed by atoms with E-state index in [-0.39, 0.29) is 17.5 Å². The van der Waals surface area contributed by atoms with Crippen LogP contribution in [0.1, 0.15) is 44.5 Å². The molecule has 0 aliphatic rings. The molecule has 0 radical (unpaired) electrons. The standard InChI is InChI=1S/C17H27N3O3/c1-5-23-11-7-10-18-16(22)19-14-9-6-8-13(12-14)15(21)20-17(2,3)4/h6,8-9,12H,5,7,10-11H2,1-4H3,(H,20,21)(H2,18,19,22). The van der Waals surface area contributed by atoms with E-state index in [1.165, 1.54) is 0 Å². The first-order chi connectivity index (χ1) is 10.8. The Morgan fingerprint density at radius 1 is 1.22 bits per heavy atom. The number of rotatable bonds is 7. The Balaban J connectivity index is 2.50. The number of anilines is 1. The Labute approximate surface area is 138 Å². The number of ether oxygens (including phenoxy) is 1. The Morgan fingerprint density at radius 2 is 1.96 bits per heavy atom. The number of benzene rings is 1. The van der Waals surface area contributed by atoms with Crippen LogP contribution in [0.25, 0.3) is 0 Å². The van der Waals surface area contributed by atoms with Gasteiger partial charge in [-0.3, -0.25) is 4.79 Å². The largest absolute Gasteiger partial charge is 0.382 e. The average molecular weight is 321 g/mol. The molecule has 1 aromatic carbocycles. The fourth-order valence-corrected chi connectivity index (χ4v) is 1.85. The van der Waals surface area contributed by atoms with Crippen LogP contribution in [-0.4, -0.2) is 37.2 Å². The topological polar surface area (TPSA) is 79.5 Å². The lowest BCUT2D eigenvalue weighted by atomic mass is 10.1. The van der Waals surface area contributed by atoms with Crippen LogP contribution in [0.15, 0.2) is 24.3 Å². The fraction of sp³-hybridized carbons (Fsp3) is 0.529. The molecule has 23 heavy (non-hydrogen) atoms. The van der Waals surface area contributed by atoms with Crippen LogP contribution in [-0.2, 0) is 4.74 Å². The summed E-state index contributed by atoms with van der Waals surface area (Å²) in [5.41, 5.74) is 0.779. The summed E-state index contributed by atoms with van der Waals surface area (Å²) < 4.78 is 5.20. The second kappa shape index (κ2) is 9.15. The van der Waals surface area contributed by atoms with Gasteiger partial charge in [0.05, 0.1) is 0 Å². The molecule has 3 N–H and O–H groups in total. The molecule has 1 aromatic rings. The maximum Gasteiger partial charge on any atom is 0.319 e. The summed E-state index contributed by atoms with van der Waals surface area (Å²) >= 11 is 0. The Kier molecular flexibility index (Phi) is 7.54. The fourth-order valence-electron chi connectivity index (χ4n) is 1.85. The molecule has 6 heteroatoms. The summed E-state index contributed by atoms with van der Waals surface area (Å²) in [6, 6.07) is 6.55. The van der Waals surface area contributed by atoms with Gasteiger partial charge in [-0.2, -0.15) is 0 Å². The van der Waals surface area contributed by atoms with E-state index < -0.39 is 0 Å². The third kappa shape index (κ3) is 8.21. The van der Waals surface area contributed by atoms with Gasteiger partial charge in [-0.05, 0) is 52.3 Å². The van der Waals surface area contributed by atoms with Crippen molar-refractivity contribution in [2.24, 2.45) is 0 Å². The van der Waals surface area contributed by atoms with Gasteiger partial charge in [-0.1, -0.05) is 6.07 Å². The molecule has 0 atom stereocenters. The summed E-state index contributed by atoms with van der Waals surface area (Å²) in [5.74, 6) is -0.168. The smallest absolute Gasteiger partial charge is 0.319 e. The normalized spacial score (nSPS) is 11.0. The molecule has 0 aliphatic carbocycles. The summed E-state index contributed by atoms with van der Waals surface area (Å²) in [6.07, 6.45) is 0.759. The SMILES string of the molecule is CCOCCCNC(=O)Nc1cccc(C(=O)NC(C)(C)C)c1. The average Bonchev–Trinajstić information content (AvgIpc) is 2.45. The Morgan fingerprint density at radius 3 is 2.61 bits per heavy atom. The molecule has 6 nitrogen and oxygen atoms in total. The molecular weight excluding hydrogens is 294 g/mol. The molecule has 0 bridgehead atoms. The number of hydrogen-bond donors (Lipinski definition) is 3. The zero-order valence-corrected chi connectivity index (χ0v) is 14.4. The number of carbonyl (C=O) groups excluding carboxylic acids is 2. The molecular formula is C17H27N3O3. The lowest BCUT2D eigenvalue weighted by Gasteiger charge is -2.20. The second-order valence-electron chi connectivity index (χ2n) is 6.22. The summed E-state index contributed by atoms with van der Waals surface area (Å²) in [7, 11) is 0. The quantitative estimate of drug-likeness (QED) is 0.676. The zero-order valence-electron chi connectivity index (χ0n) is 14.4. The molecule has 1 rings (SSSR count). The van der Waals surface area contributed by atoms with Crippen molar-refractivity contribution in [1.29, 1.82) is 0 Å². The van der Waals surface area contributed by atoms with Gasteiger partial charge in [-0.25, -0.2) is 4.79 Å². The van der Waals surface area contributed by atoms with Crippen LogP contribution in [0.4, 0.5) is 10.5 Å². The molecule has 0 unspecified atom stereocenters. The molecule has 0 aliphatic heterocycles. The van der Waals surface area contributed by atoms with E-state index >= 15 is 0 Å². The number of hydrogen-bond acceptors (Lipinski definition) is 3. The first-order valence-electron chi connectivity index (χ1n) is 7.87. The summed E-state index contributed by atoms with van der Waals surface area (Å²) in [6.45, 7) is 9.53. The first-order valence-corrected chi connectivity index (χ1v) is 7.87. The lowest BCUT2D eigenvalue weighted by Crippen LogP contribution is -2.40. The molecule has 3 amide bonds. The number of nitrogens with one attached hydrogen (secondary N) is 3. The molecule has 0 heterocycles. The van der Waals surface area contributed by atoms with Gasteiger partial charge in [0.25, 0.3) is 5.91 Å². The zero-order chi connectivity index (χ0) is 17.3. The van der Waals surface area contributed by atoms with Gasteiger partial charge in [0.2, 0.25) is 0 Å². The van der Waals surface area contributed by atoms with E-state index in [0.29, 0.717) is 31.0 Å². The molecule has 0 aromatic heterocycles. The van der Waals surface area contributed by atoms with Gasteiger partial charge in [0.15, 0.2) is 0 Å². The van der Waals surface area contributed by atoms with Crippen molar-refractivity contribution >= 4 is 17.6 Å². The van der Waals surface area contributed by atoms with Gasteiger partial charge in [0.1, 0.15) is 0 Å². The highest BCUT2D eigenvalue weighted by Gasteiger charge is 2.15. The third-order valence-electron chi connectivity index (χ3n) is 2.83. The predicted octanol–water partition coefficient (Wildman–Crippen LogP) is 2.76. The predicted molar refractivity (Wildman–Crippen MR) is 91.8 cm³/mol. The van der Waals surface area contributed by atoms with E-state index in [1.54, 1.807) is 24.3 Å². The highest BCUT2D eigenvalue weighted by molar-refractivity contribution is 5.97.